The monoisotopic (exact) mass is 348 g/mol. The first kappa shape index (κ1) is 15.3. The quantitative estimate of drug-likeness (QED) is 0.783. The molecule has 0 spiro atoms. The van der Waals surface area contributed by atoms with E-state index in [4.69, 9.17) is 16.0 Å². The fraction of sp³-hybridized carbons (Fsp3) is 0.438. The number of carbonyl (C=O) groups excluding carboxylic acids is 1. The summed E-state index contributed by atoms with van der Waals surface area (Å²) < 4.78 is 5.43. The number of aromatic nitrogens is 2. The van der Waals surface area contributed by atoms with Gasteiger partial charge in [-0.2, -0.15) is 5.10 Å². The summed E-state index contributed by atoms with van der Waals surface area (Å²) in [5, 5.41) is 12.5. The average molecular weight is 349 g/mol. The maximum Gasteiger partial charge on any atom is 0.287 e. The number of aromatic amines is 1. The summed E-state index contributed by atoms with van der Waals surface area (Å²) in [5.41, 5.74) is 1.81. The van der Waals surface area contributed by atoms with Crippen LogP contribution in [-0.2, 0) is 12.8 Å². The number of furan rings is 1. The Morgan fingerprint density at radius 2 is 2.17 bits per heavy atom. The van der Waals surface area contributed by atoms with E-state index in [1.807, 2.05) is 0 Å². The molecular weight excluding hydrogens is 332 g/mol. The second-order valence-corrected chi connectivity index (χ2v) is 6.74. The molecule has 0 aliphatic heterocycles. The number of carbonyl (C=O) groups is 1. The van der Waals surface area contributed by atoms with Crippen molar-refractivity contribution < 1.29 is 9.21 Å². The van der Waals surface area contributed by atoms with Gasteiger partial charge in [-0.05, 0) is 37.7 Å². The molecule has 0 radical (unpaired) electrons. The van der Waals surface area contributed by atoms with Gasteiger partial charge in [0.15, 0.2) is 5.76 Å². The number of aryl methyl sites for hydroxylation is 1. The summed E-state index contributed by atoms with van der Waals surface area (Å²) in [6, 6.07) is 1.79. The largest absolute Gasteiger partial charge is 0.459 e. The molecule has 0 unspecified atom stereocenters. The number of amides is 1. The van der Waals surface area contributed by atoms with Gasteiger partial charge < -0.3 is 15.1 Å². The van der Waals surface area contributed by atoms with Crippen molar-refractivity contribution >= 4 is 23.3 Å². The summed E-state index contributed by atoms with van der Waals surface area (Å²) in [5.74, 6) is 0.859. The van der Waals surface area contributed by atoms with Gasteiger partial charge in [0.1, 0.15) is 10.8 Å². The molecule has 8 heteroatoms. The lowest BCUT2D eigenvalue weighted by Gasteiger charge is -2.36. The van der Waals surface area contributed by atoms with Crippen molar-refractivity contribution in [3.8, 4) is 0 Å². The fourth-order valence-electron chi connectivity index (χ4n) is 3.32. The molecule has 4 rings (SSSR count). The number of fused-ring (bicyclic) bond motifs is 1. The standard InChI is InChI=1S/C16H17ClN4O3/c17-12-6-13(20-21-15(12)22)18-9-4-10(5-9)19-16(23)14-11-3-1-2-8(11)7-24-14/h6-7,9-10H,1-5H2,(H,18,20)(H,19,23)(H,21,22). The second kappa shape index (κ2) is 5.98. The highest BCUT2D eigenvalue weighted by molar-refractivity contribution is 6.30. The van der Waals surface area contributed by atoms with Crippen molar-refractivity contribution in [2.45, 2.75) is 44.2 Å². The maximum absolute atomic E-state index is 12.3. The summed E-state index contributed by atoms with van der Waals surface area (Å²) in [6.45, 7) is 0. The molecule has 2 aromatic rings. The van der Waals surface area contributed by atoms with Crippen molar-refractivity contribution in [2.24, 2.45) is 0 Å². The van der Waals surface area contributed by atoms with Gasteiger partial charge in [-0.25, -0.2) is 5.10 Å². The lowest BCUT2D eigenvalue weighted by Crippen LogP contribution is -2.49. The predicted octanol–water partition coefficient (Wildman–Crippen LogP) is 1.88. The van der Waals surface area contributed by atoms with E-state index in [0.29, 0.717) is 11.6 Å². The molecule has 2 aliphatic rings. The first-order valence-corrected chi connectivity index (χ1v) is 8.40. The minimum absolute atomic E-state index is 0.100. The van der Waals surface area contributed by atoms with Gasteiger partial charge in [-0.1, -0.05) is 11.6 Å². The number of nitrogens with zero attached hydrogens (tertiary/aromatic N) is 1. The van der Waals surface area contributed by atoms with Crippen LogP contribution in [0.4, 0.5) is 5.82 Å². The Bertz CT molecular complexity index is 838. The van der Waals surface area contributed by atoms with Crippen LogP contribution in [0.2, 0.25) is 5.02 Å². The molecule has 0 saturated heterocycles. The van der Waals surface area contributed by atoms with E-state index >= 15 is 0 Å². The third-order valence-electron chi connectivity index (χ3n) is 4.64. The first-order valence-electron chi connectivity index (χ1n) is 8.02. The highest BCUT2D eigenvalue weighted by Crippen LogP contribution is 2.28. The molecule has 0 aromatic carbocycles. The maximum atomic E-state index is 12.3. The molecule has 0 bridgehead atoms. The van der Waals surface area contributed by atoms with Crippen LogP contribution in [0.5, 0.6) is 0 Å². The summed E-state index contributed by atoms with van der Waals surface area (Å²) in [7, 11) is 0. The molecule has 1 amide bonds. The highest BCUT2D eigenvalue weighted by atomic mass is 35.5. The van der Waals surface area contributed by atoms with E-state index in [-0.39, 0.29) is 23.0 Å². The summed E-state index contributed by atoms with van der Waals surface area (Å²) >= 11 is 5.77. The highest BCUT2D eigenvalue weighted by Gasteiger charge is 2.32. The number of hydrogen-bond acceptors (Lipinski definition) is 5. The number of anilines is 1. The van der Waals surface area contributed by atoms with Crippen molar-refractivity contribution in [1.29, 1.82) is 0 Å². The van der Waals surface area contributed by atoms with Crippen LogP contribution < -0.4 is 16.2 Å². The zero-order valence-corrected chi connectivity index (χ0v) is 13.7. The topological polar surface area (TPSA) is 100 Å². The Hall–Kier alpha value is -2.28. The predicted molar refractivity (Wildman–Crippen MR) is 88.5 cm³/mol. The van der Waals surface area contributed by atoms with Gasteiger partial charge >= 0.3 is 0 Å². The summed E-state index contributed by atoms with van der Waals surface area (Å²) in [4.78, 5) is 23.5. The van der Waals surface area contributed by atoms with Crippen molar-refractivity contribution in [3.05, 3.63) is 44.6 Å². The van der Waals surface area contributed by atoms with E-state index in [1.54, 1.807) is 6.26 Å². The van der Waals surface area contributed by atoms with Gasteiger partial charge in [0, 0.05) is 23.7 Å². The van der Waals surface area contributed by atoms with E-state index in [0.717, 1.165) is 43.2 Å². The molecule has 3 N–H and O–H groups in total. The number of H-pyrrole nitrogens is 1. The van der Waals surface area contributed by atoms with Gasteiger partial charge in [0.05, 0.1) is 6.26 Å². The van der Waals surface area contributed by atoms with Gasteiger partial charge in [-0.15, -0.1) is 0 Å². The Morgan fingerprint density at radius 1 is 1.33 bits per heavy atom. The molecule has 2 heterocycles. The lowest BCUT2D eigenvalue weighted by molar-refractivity contribution is 0.0883. The van der Waals surface area contributed by atoms with E-state index < -0.39 is 5.56 Å². The third-order valence-corrected chi connectivity index (χ3v) is 4.92. The van der Waals surface area contributed by atoms with Crippen LogP contribution in [0.25, 0.3) is 0 Å². The normalized spacial score (nSPS) is 21.9. The summed E-state index contributed by atoms with van der Waals surface area (Å²) in [6.07, 6.45) is 6.28. The van der Waals surface area contributed by atoms with E-state index in [9.17, 15) is 9.59 Å². The Morgan fingerprint density at radius 3 is 2.96 bits per heavy atom. The van der Waals surface area contributed by atoms with Crippen LogP contribution >= 0.6 is 11.6 Å². The second-order valence-electron chi connectivity index (χ2n) is 6.34. The van der Waals surface area contributed by atoms with Crippen LogP contribution in [0.15, 0.2) is 21.5 Å². The van der Waals surface area contributed by atoms with Gasteiger partial charge in [0.2, 0.25) is 0 Å². The number of hydrogen-bond donors (Lipinski definition) is 3. The SMILES string of the molecule is O=C(NC1CC(Nc2cc(Cl)c(=O)[nH]n2)C1)c1occ2c1CCC2. The van der Waals surface area contributed by atoms with Crippen LogP contribution in [-0.4, -0.2) is 28.2 Å². The molecule has 2 aromatic heterocycles. The zero-order valence-electron chi connectivity index (χ0n) is 12.9. The molecule has 126 valence electrons. The smallest absolute Gasteiger partial charge is 0.287 e. The third kappa shape index (κ3) is 2.80. The van der Waals surface area contributed by atoms with E-state index in [1.165, 1.54) is 6.07 Å². The minimum Gasteiger partial charge on any atom is -0.459 e. The van der Waals surface area contributed by atoms with Crippen molar-refractivity contribution in [1.82, 2.24) is 15.5 Å². The van der Waals surface area contributed by atoms with Crippen LogP contribution in [0.1, 0.15) is 40.9 Å². The number of nitrogens with one attached hydrogen (secondary N) is 3. The molecule has 0 atom stereocenters. The van der Waals surface area contributed by atoms with Crippen LogP contribution in [0.3, 0.4) is 0 Å². The molecular formula is C16H17ClN4O3. The van der Waals surface area contributed by atoms with Gasteiger partial charge in [0.25, 0.3) is 11.5 Å². The Labute approximate surface area is 142 Å². The average Bonchev–Trinajstić information content (AvgIpc) is 3.11. The fourth-order valence-corrected chi connectivity index (χ4v) is 3.46. The van der Waals surface area contributed by atoms with Crippen molar-refractivity contribution in [3.63, 3.8) is 0 Å². The molecule has 2 aliphatic carbocycles. The zero-order chi connectivity index (χ0) is 16.7. The number of rotatable bonds is 4. The lowest BCUT2D eigenvalue weighted by atomic mass is 9.86. The first-order chi connectivity index (χ1) is 11.6. The molecule has 1 fully saturated rings. The Kier molecular flexibility index (Phi) is 3.80. The minimum atomic E-state index is -0.410. The molecule has 24 heavy (non-hydrogen) atoms. The molecule has 1 saturated carbocycles. The van der Waals surface area contributed by atoms with Crippen molar-refractivity contribution in [2.75, 3.05) is 5.32 Å². The van der Waals surface area contributed by atoms with Crippen LogP contribution in [0, 0.1) is 0 Å². The van der Waals surface area contributed by atoms with Gasteiger partial charge in [-0.3, -0.25) is 9.59 Å². The van der Waals surface area contributed by atoms with E-state index in [2.05, 4.69) is 20.8 Å². The Balaban J connectivity index is 1.30. The number of halogens is 1. The molecule has 7 nitrogen and oxygen atoms in total.